The van der Waals surface area contributed by atoms with Crippen molar-refractivity contribution in [2.75, 3.05) is 6.61 Å². The minimum Gasteiger partial charge on any atom is -0.493 e. The van der Waals surface area contributed by atoms with E-state index in [1.165, 1.54) is 4.88 Å². The first kappa shape index (κ1) is 11.6. The zero-order chi connectivity index (χ0) is 12.1. The van der Waals surface area contributed by atoms with E-state index in [2.05, 4.69) is 11.1 Å². The predicted molar refractivity (Wildman–Crippen MR) is 67.2 cm³/mol. The maximum atomic E-state index is 8.76. The molecular formula is C13H12N2OS. The second kappa shape index (κ2) is 5.46. The lowest BCUT2D eigenvalue weighted by atomic mass is 10.2. The van der Waals surface area contributed by atoms with E-state index < -0.39 is 0 Å². The van der Waals surface area contributed by atoms with Gasteiger partial charge in [0.2, 0.25) is 0 Å². The maximum absolute atomic E-state index is 8.76. The van der Waals surface area contributed by atoms with Crippen LogP contribution in [0.25, 0.3) is 0 Å². The van der Waals surface area contributed by atoms with Crippen LogP contribution in [0.1, 0.15) is 16.1 Å². The van der Waals surface area contributed by atoms with Crippen molar-refractivity contribution in [2.24, 2.45) is 0 Å². The van der Waals surface area contributed by atoms with Crippen molar-refractivity contribution >= 4 is 11.3 Å². The van der Waals surface area contributed by atoms with E-state index in [-0.39, 0.29) is 0 Å². The van der Waals surface area contributed by atoms with Crippen molar-refractivity contribution in [3.63, 3.8) is 0 Å². The van der Waals surface area contributed by atoms with Crippen molar-refractivity contribution in [1.82, 2.24) is 4.98 Å². The Balaban J connectivity index is 1.90. The largest absolute Gasteiger partial charge is 0.493 e. The Morgan fingerprint density at radius 2 is 2.35 bits per heavy atom. The number of ether oxygens (including phenoxy) is 1. The lowest BCUT2D eigenvalue weighted by molar-refractivity contribution is 0.322. The van der Waals surface area contributed by atoms with Crippen LogP contribution in [-0.2, 0) is 6.42 Å². The first-order chi connectivity index (χ1) is 8.29. The smallest absolute Gasteiger partial charge is 0.120 e. The number of hydrogen-bond donors (Lipinski definition) is 0. The Bertz CT molecular complexity index is 542. The molecule has 2 rings (SSSR count). The number of thiazole rings is 1. The molecule has 3 nitrogen and oxygen atoms in total. The van der Waals surface area contributed by atoms with Gasteiger partial charge in [0.15, 0.2) is 0 Å². The number of aromatic nitrogens is 1. The molecule has 1 heterocycles. The summed E-state index contributed by atoms with van der Waals surface area (Å²) in [6.45, 7) is 2.61. The summed E-state index contributed by atoms with van der Waals surface area (Å²) in [5.74, 6) is 0.742. The lowest BCUT2D eigenvalue weighted by Crippen LogP contribution is -2.01. The Morgan fingerprint density at radius 3 is 3.06 bits per heavy atom. The normalized spacial score (nSPS) is 9.88. The van der Waals surface area contributed by atoms with E-state index in [1.807, 2.05) is 24.6 Å². The van der Waals surface area contributed by atoms with Gasteiger partial charge < -0.3 is 4.74 Å². The second-order valence-electron chi connectivity index (χ2n) is 3.60. The van der Waals surface area contributed by atoms with Gasteiger partial charge >= 0.3 is 0 Å². The van der Waals surface area contributed by atoms with Gasteiger partial charge in [-0.25, -0.2) is 4.98 Å². The number of nitriles is 1. The molecule has 0 atom stereocenters. The highest BCUT2D eigenvalue weighted by Gasteiger charge is 2.02. The summed E-state index contributed by atoms with van der Waals surface area (Å²) in [5, 5.41) is 8.76. The van der Waals surface area contributed by atoms with E-state index in [0.29, 0.717) is 12.2 Å². The zero-order valence-electron chi connectivity index (χ0n) is 9.51. The maximum Gasteiger partial charge on any atom is 0.120 e. The van der Waals surface area contributed by atoms with Crippen LogP contribution in [0.2, 0.25) is 0 Å². The first-order valence-electron chi connectivity index (χ1n) is 5.31. The van der Waals surface area contributed by atoms with Crippen molar-refractivity contribution in [1.29, 1.82) is 5.26 Å². The van der Waals surface area contributed by atoms with Crippen LogP contribution in [-0.4, -0.2) is 11.6 Å². The highest BCUT2D eigenvalue weighted by atomic mass is 32.1. The lowest BCUT2D eigenvalue weighted by Gasteiger charge is -2.05. The van der Waals surface area contributed by atoms with Gasteiger partial charge in [0.1, 0.15) is 5.75 Å². The van der Waals surface area contributed by atoms with Crippen molar-refractivity contribution in [3.05, 3.63) is 45.9 Å². The van der Waals surface area contributed by atoms with E-state index in [4.69, 9.17) is 10.00 Å². The number of aryl methyl sites for hydroxylation is 1. The molecule has 1 aromatic heterocycles. The summed E-state index contributed by atoms with van der Waals surface area (Å²) >= 11 is 1.65. The van der Waals surface area contributed by atoms with Gasteiger partial charge in [0, 0.05) is 11.3 Å². The Hall–Kier alpha value is -1.86. The molecule has 17 heavy (non-hydrogen) atoms. The highest BCUT2D eigenvalue weighted by molar-refractivity contribution is 7.09. The van der Waals surface area contributed by atoms with Gasteiger partial charge in [-0.1, -0.05) is 6.07 Å². The molecule has 0 unspecified atom stereocenters. The number of hydrogen-bond acceptors (Lipinski definition) is 4. The molecule has 86 valence electrons. The van der Waals surface area contributed by atoms with E-state index in [9.17, 15) is 0 Å². The average molecular weight is 244 g/mol. The van der Waals surface area contributed by atoms with Crippen LogP contribution in [0, 0.1) is 18.3 Å². The molecular weight excluding hydrogens is 232 g/mol. The average Bonchev–Trinajstić information content (AvgIpc) is 2.76. The van der Waals surface area contributed by atoms with Gasteiger partial charge in [0.25, 0.3) is 0 Å². The summed E-state index contributed by atoms with van der Waals surface area (Å²) in [6.07, 6.45) is 0.854. The van der Waals surface area contributed by atoms with Crippen LogP contribution >= 0.6 is 11.3 Å². The molecule has 0 aliphatic heterocycles. The Kier molecular flexibility index (Phi) is 3.73. The van der Waals surface area contributed by atoms with Gasteiger partial charge in [-0.3, -0.25) is 0 Å². The van der Waals surface area contributed by atoms with Crippen molar-refractivity contribution < 1.29 is 4.74 Å². The standard InChI is InChI=1S/C13H12N2OS/c1-10-13(17-9-15-10)5-6-16-12-4-2-3-11(7-12)8-14/h2-4,7,9H,5-6H2,1H3. The fraction of sp³-hybridized carbons (Fsp3) is 0.231. The molecule has 1 aromatic carbocycles. The molecule has 0 N–H and O–H groups in total. The van der Waals surface area contributed by atoms with Crippen molar-refractivity contribution in [3.8, 4) is 11.8 Å². The van der Waals surface area contributed by atoms with Crippen LogP contribution in [0.3, 0.4) is 0 Å². The molecule has 2 aromatic rings. The molecule has 0 aliphatic rings. The fourth-order valence-electron chi connectivity index (χ4n) is 1.48. The van der Waals surface area contributed by atoms with E-state index in [1.54, 1.807) is 23.5 Å². The topological polar surface area (TPSA) is 45.9 Å². The Labute approximate surface area is 104 Å². The summed E-state index contributed by atoms with van der Waals surface area (Å²) < 4.78 is 5.60. The summed E-state index contributed by atoms with van der Waals surface area (Å²) in [5.41, 5.74) is 3.54. The third kappa shape index (κ3) is 3.05. The molecule has 0 aliphatic carbocycles. The monoisotopic (exact) mass is 244 g/mol. The minimum absolute atomic E-state index is 0.609. The molecule has 0 amide bonds. The zero-order valence-corrected chi connectivity index (χ0v) is 10.3. The third-order valence-corrected chi connectivity index (χ3v) is 3.40. The predicted octanol–water partition coefficient (Wildman–Crippen LogP) is 2.94. The van der Waals surface area contributed by atoms with E-state index >= 15 is 0 Å². The molecule has 0 fully saturated rings. The number of rotatable bonds is 4. The summed E-state index contributed by atoms with van der Waals surface area (Å²) in [7, 11) is 0. The third-order valence-electron chi connectivity index (χ3n) is 2.41. The van der Waals surface area contributed by atoms with Gasteiger partial charge in [0.05, 0.1) is 29.4 Å². The number of nitrogens with zero attached hydrogens (tertiary/aromatic N) is 2. The van der Waals surface area contributed by atoms with Crippen LogP contribution in [0.5, 0.6) is 5.75 Å². The van der Waals surface area contributed by atoms with E-state index in [0.717, 1.165) is 17.9 Å². The highest BCUT2D eigenvalue weighted by Crippen LogP contribution is 2.15. The van der Waals surface area contributed by atoms with Gasteiger partial charge in [-0.15, -0.1) is 11.3 Å². The van der Waals surface area contributed by atoms with Gasteiger partial charge in [-0.2, -0.15) is 5.26 Å². The molecule has 0 spiro atoms. The van der Waals surface area contributed by atoms with Crippen LogP contribution in [0.4, 0.5) is 0 Å². The van der Waals surface area contributed by atoms with Crippen molar-refractivity contribution in [2.45, 2.75) is 13.3 Å². The molecule has 4 heteroatoms. The first-order valence-corrected chi connectivity index (χ1v) is 6.19. The fourth-order valence-corrected chi connectivity index (χ4v) is 2.25. The molecule has 0 saturated heterocycles. The number of benzene rings is 1. The van der Waals surface area contributed by atoms with Gasteiger partial charge in [-0.05, 0) is 25.1 Å². The van der Waals surface area contributed by atoms with Crippen LogP contribution in [0.15, 0.2) is 29.8 Å². The summed E-state index contributed by atoms with van der Waals surface area (Å²) in [6, 6.07) is 9.29. The molecule has 0 saturated carbocycles. The second-order valence-corrected chi connectivity index (χ2v) is 4.54. The SMILES string of the molecule is Cc1ncsc1CCOc1cccc(C#N)c1. The molecule has 0 bridgehead atoms. The summed E-state index contributed by atoms with van der Waals surface area (Å²) in [4.78, 5) is 5.44. The van der Waals surface area contributed by atoms with Crippen LogP contribution < -0.4 is 4.74 Å². The minimum atomic E-state index is 0.609. The quantitative estimate of drug-likeness (QED) is 0.830. The Morgan fingerprint density at radius 1 is 1.47 bits per heavy atom. The molecule has 0 radical (unpaired) electrons.